The molecular formula is C23H43N3O3Si. The second kappa shape index (κ2) is 8.30. The van der Waals surface area contributed by atoms with Crippen molar-refractivity contribution in [1.82, 2.24) is 9.78 Å². The highest BCUT2D eigenvalue weighted by Crippen LogP contribution is 2.43. The van der Waals surface area contributed by atoms with Crippen LogP contribution in [-0.4, -0.2) is 35.9 Å². The maximum Gasteiger partial charge on any atom is 0.413 e. The van der Waals surface area contributed by atoms with Crippen molar-refractivity contribution in [2.24, 2.45) is 0 Å². The Balaban J connectivity index is 2.17. The van der Waals surface area contributed by atoms with Crippen LogP contribution in [0.15, 0.2) is 6.07 Å². The van der Waals surface area contributed by atoms with Crippen LogP contribution in [0.1, 0.15) is 93.2 Å². The first kappa shape index (κ1) is 24.9. The Hall–Kier alpha value is -1.34. The molecule has 172 valence electrons. The summed E-state index contributed by atoms with van der Waals surface area (Å²) in [5.74, 6) is 1.03. The van der Waals surface area contributed by atoms with Gasteiger partial charge in [-0.25, -0.2) is 9.48 Å². The van der Waals surface area contributed by atoms with Crippen LogP contribution in [-0.2, 0) is 14.7 Å². The first-order chi connectivity index (χ1) is 13.4. The molecule has 7 heteroatoms. The minimum Gasteiger partial charge on any atom is -0.444 e. The lowest BCUT2D eigenvalue weighted by molar-refractivity contribution is 0.0634. The summed E-state index contributed by atoms with van der Waals surface area (Å²) in [4.78, 5) is 12.4. The molecule has 1 amide bonds. The number of nitrogens with one attached hydrogen (secondary N) is 1. The Kier molecular flexibility index (Phi) is 6.90. The van der Waals surface area contributed by atoms with E-state index in [9.17, 15) is 4.79 Å². The largest absolute Gasteiger partial charge is 0.444 e. The van der Waals surface area contributed by atoms with Crippen LogP contribution in [0, 0.1) is 0 Å². The number of nitrogens with zero attached hydrogens (tertiary/aromatic N) is 2. The molecule has 30 heavy (non-hydrogen) atoms. The van der Waals surface area contributed by atoms with Crippen LogP contribution in [0.4, 0.5) is 10.6 Å². The smallest absolute Gasteiger partial charge is 0.413 e. The summed E-state index contributed by atoms with van der Waals surface area (Å²) in [5, 5.41) is 8.01. The lowest BCUT2D eigenvalue weighted by atomic mass is 10.0. The summed E-state index contributed by atoms with van der Waals surface area (Å²) >= 11 is 0. The standard InChI is InChI=1S/C23H43N3O3Si/c1-21(2,3)26-19(24-20(27)28-22(4,5)6)15-18(25-26)16-12-13-17(14-16)29-30(10,11)23(7,8)9/h15-17H,12-14H2,1-11H3,(H,24,27)/t16-,17+/m0/s1. The fraction of sp³-hybridized carbons (Fsp3) is 0.826. The lowest BCUT2D eigenvalue weighted by Gasteiger charge is -2.38. The van der Waals surface area contributed by atoms with Crippen LogP contribution in [0.2, 0.25) is 18.1 Å². The van der Waals surface area contributed by atoms with Gasteiger partial charge in [0.25, 0.3) is 0 Å². The normalized spacial score (nSPS) is 21.0. The van der Waals surface area contributed by atoms with Crippen molar-refractivity contribution in [3.05, 3.63) is 11.8 Å². The summed E-state index contributed by atoms with van der Waals surface area (Å²) in [6.45, 7) is 23.3. The van der Waals surface area contributed by atoms with Gasteiger partial charge in [-0.15, -0.1) is 0 Å². The molecule has 0 radical (unpaired) electrons. The van der Waals surface area contributed by atoms with Gasteiger partial charge in [0.05, 0.1) is 11.2 Å². The number of carbonyl (C=O) groups excluding carboxylic acids is 1. The van der Waals surface area contributed by atoms with Gasteiger partial charge < -0.3 is 9.16 Å². The van der Waals surface area contributed by atoms with E-state index in [1.54, 1.807) is 0 Å². The number of hydrogen-bond donors (Lipinski definition) is 1. The SMILES string of the molecule is CC(C)(C)OC(=O)Nc1cc([C@H]2CC[C@@H](O[Si](C)(C)C(C)(C)C)C2)nn1C(C)(C)C. The minimum absolute atomic E-state index is 0.212. The molecule has 1 aliphatic rings. The molecule has 2 rings (SSSR count). The topological polar surface area (TPSA) is 65.4 Å². The number of amides is 1. The van der Waals surface area contributed by atoms with Crippen molar-refractivity contribution in [3.8, 4) is 0 Å². The Labute approximate surface area is 184 Å². The Bertz CT molecular complexity index is 751. The van der Waals surface area contributed by atoms with Gasteiger partial charge in [-0.3, -0.25) is 5.32 Å². The van der Waals surface area contributed by atoms with Crippen LogP contribution in [0.5, 0.6) is 0 Å². The predicted molar refractivity (Wildman–Crippen MR) is 126 cm³/mol. The van der Waals surface area contributed by atoms with Crippen molar-refractivity contribution < 1.29 is 14.0 Å². The molecule has 6 nitrogen and oxygen atoms in total. The third-order valence-electron chi connectivity index (χ3n) is 6.06. The molecule has 1 aliphatic carbocycles. The number of hydrogen-bond acceptors (Lipinski definition) is 4. The number of anilines is 1. The molecule has 0 unspecified atom stereocenters. The summed E-state index contributed by atoms with van der Waals surface area (Å²) in [6.07, 6.45) is 2.95. The zero-order valence-corrected chi connectivity index (χ0v) is 22.0. The molecule has 1 saturated carbocycles. The predicted octanol–water partition coefficient (Wildman–Crippen LogP) is 6.64. The van der Waals surface area contributed by atoms with E-state index in [0.29, 0.717) is 11.7 Å². The molecule has 1 heterocycles. The van der Waals surface area contributed by atoms with E-state index in [2.05, 4.69) is 60.0 Å². The van der Waals surface area contributed by atoms with Crippen LogP contribution in [0.3, 0.4) is 0 Å². The average molecular weight is 438 g/mol. The number of rotatable bonds is 4. The summed E-state index contributed by atoms with van der Waals surface area (Å²) in [7, 11) is -1.78. The summed E-state index contributed by atoms with van der Waals surface area (Å²) < 4.78 is 14.0. The first-order valence-corrected chi connectivity index (χ1v) is 14.1. The second-order valence-electron chi connectivity index (χ2n) is 12.2. The molecule has 2 atom stereocenters. The Morgan fingerprint density at radius 3 is 2.20 bits per heavy atom. The van der Waals surface area contributed by atoms with E-state index in [-0.39, 0.29) is 16.7 Å². The van der Waals surface area contributed by atoms with Gasteiger partial charge >= 0.3 is 6.09 Å². The highest BCUT2D eigenvalue weighted by Gasteiger charge is 2.41. The van der Waals surface area contributed by atoms with E-state index in [4.69, 9.17) is 14.3 Å². The van der Waals surface area contributed by atoms with E-state index >= 15 is 0 Å². The van der Waals surface area contributed by atoms with Crippen molar-refractivity contribution in [1.29, 1.82) is 0 Å². The molecule has 1 aromatic rings. The molecule has 1 fully saturated rings. The van der Waals surface area contributed by atoms with Gasteiger partial charge in [-0.2, -0.15) is 5.10 Å². The minimum atomic E-state index is -1.78. The van der Waals surface area contributed by atoms with Crippen LogP contribution < -0.4 is 5.32 Å². The molecular weight excluding hydrogens is 394 g/mol. The van der Waals surface area contributed by atoms with Crippen LogP contribution >= 0.6 is 0 Å². The van der Waals surface area contributed by atoms with Gasteiger partial charge in [0.2, 0.25) is 0 Å². The maximum atomic E-state index is 12.4. The molecule has 0 spiro atoms. The number of carbonyl (C=O) groups is 1. The second-order valence-corrected chi connectivity index (χ2v) is 16.9. The Morgan fingerprint density at radius 1 is 1.10 bits per heavy atom. The monoisotopic (exact) mass is 437 g/mol. The van der Waals surface area contributed by atoms with Crippen molar-refractivity contribution >= 4 is 20.2 Å². The highest BCUT2D eigenvalue weighted by molar-refractivity contribution is 6.74. The van der Waals surface area contributed by atoms with E-state index < -0.39 is 20.0 Å². The molecule has 0 bridgehead atoms. The third kappa shape index (κ3) is 6.33. The molecule has 0 saturated heterocycles. The number of ether oxygens (including phenoxy) is 1. The van der Waals surface area contributed by atoms with Gasteiger partial charge in [0, 0.05) is 18.1 Å². The van der Waals surface area contributed by atoms with Gasteiger partial charge in [0.1, 0.15) is 11.4 Å². The molecule has 0 aliphatic heterocycles. The zero-order chi connectivity index (χ0) is 23.1. The molecule has 0 aromatic carbocycles. The maximum absolute atomic E-state index is 12.4. The van der Waals surface area contributed by atoms with Crippen molar-refractivity contribution in [2.45, 2.75) is 123 Å². The third-order valence-corrected chi connectivity index (χ3v) is 10.6. The zero-order valence-electron chi connectivity index (χ0n) is 21.0. The summed E-state index contributed by atoms with van der Waals surface area (Å²) in [6, 6.07) is 2.01. The van der Waals surface area contributed by atoms with Gasteiger partial charge in [-0.1, -0.05) is 20.8 Å². The van der Waals surface area contributed by atoms with E-state index in [0.717, 1.165) is 25.0 Å². The van der Waals surface area contributed by atoms with Gasteiger partial charge in [-0.05, 0) is 78.9 Å². The fourth-order valence-corrected chi connectivity index (χ4v) is 4.92. The van der Waals surface area contributed by atoms with Gasteiger partial charge in [0.15, 0.2) is 8.32 Å². The number of aromatic nitrogens is 2. The quantitative estimate of drug-likeness (QED) is 0.536. The fourth-order valence-electron chi connectivity index (χ4n) is 3.52. The summed E-state index contributed by atoms with van der Waals surface area (Å²) in [5.41, 5.74) is 0.231. The first-order valence-electron chi connectivity index (χ1n) is 11.2. The highest BCUT2D eigenvalue weighted by atomic mass is 28.4. The van der Waals surface area contributed by atoms with E-state index in [1.165, 1.54) is 0 Å². The molecule has 1 aromatic heterocycles. The lowest BCUT2D eigenvalue weighted by Crippen LogP contribution is -2.43. The average Bonchev–Trinajstić information content (AvgIpc) is 3.09. The van der Waals surface area contributed by atoms with E-state index in [1.807, 2.05) is 31.5 Å². The van der Waals surface area contributed by atoms with Crippen molar-refractivity contribution in [3.63, 3.8) is 0 Å². The van der Waals surface area contributed by atoms with Crippen molar-refractivity contribution in [2.75, 3.05) is 5.32 Å². The molecule has 1 N–H and O–H groups in total. The van der Waals surface area contributed by atoms with Crippen LogP contribution in [0.25, 0.3) is 0 Å². The Morgan fingerprint density at radius 2 is 1.70 bits per heavy atom.